The molecule has 4 fully saturated rings. The average Bonchev–Trinajstić information content (AvgIpc) is 3.04. The Balaban J connectivity index is 1.54. The molecule has 0 heterocycles. The van der Waals surface area contributed by atoms with Crippen LogP contribution < -0.4 is 0 Å². The van der Waals surface area contributed by atoms with E-state index in [2.05, 4.69) is 13.8 Å². The molecule has 0 amide bonds. The predicted molar refractivity (Wildman–Crippen MR) is 121 cm³/mol. The molecule has 2 N–H and O–H groups in total. The van der Waals surface area contributed by atoms with Gasteiger partial charge in [-0.15, -0.1) is 0 Å². The Kier molecular flexibility index (Phi) is 6.78. The number of aliphatic hydroxyl groups excluding tert-OH is 2. The van der Waals surface area contributed by atoms with E-state index in [0.717, 1.165) is 51.4 Å². The first-order valence-corrected chi connectivity index (χ1v) is 13.3. The van der Waals surface area contributed by atoms with E-state index >= 15 is 0 Å². The normalized spacial score (nSPS) is 46.3. The summed E-state index contributed by atoms with van der Waals surface area (Å²) in [6.45, 7) is 8.37. The molecule has 0 aliphatic heterocycles. The fourth-order valence-electron chi connectivity index (χ4n) is 9.21. The summed E-state index contributed by atoms with van der Waals surface area (Å²) in [6.07, 6.45) is 4.01. The van der Waals surface area contributed by atoms with E-state index in [1.807, 2.05) is 13.8 Å². The number of hydrogen-bond donors (Lipinski definition) is 2. The van der Waals surface area contributed by atoms with Gasteiger partial charge >= 0.3 is 6.18 Å². The zero-order chi connectivity index (χ0) is 23.5. The molecule has 0 spiro atoms. The number of alkyl halides is 3. The van der Waals surface area contributed by atoms with Crippen LogP contribution in [0.4, 0.5) is 13.2 Å². The highest BCUT2D eigenvalue weighted by atomic mass is 19.4. The van der Waals surface area contributed by atoms with Crippen molar-refractivity contribution in [1.29, 1.82) is 0 Å². The standard InChI is InChI=1S/C27H45F3O2/c1-16(2)24(32)10-9-23(27(28,29)30)22-8-7-20-19-6-5-17-15-18(31)11-13-25(17,3)21(19)12-14-26(20,22)4/h16-24,31-32H,5-15H2,1-4H3/t17-,18?,19?,20?,21?,22?,23?,24?,25?,26?/m0/s1. The van der Waals surface area contributed by atoms with E-state index in [9.17, 15) is 23.4 Å². The van der Waals surface area contributed by atoms with Gasteiger partial charge in [-0.05, 0) is 117 Å². The van der Waals surface area contributed by atoms with Crippen molar-refractivity contribution in [2.75, 3.05) is 0 Å². The monoisotopic (exact) mass is 458 g/mol. The van der Waals surface area contributed by atoms with Crippen molar-refractivity contribution in [2.45, 2.75) is 117 Å². The Morgan fingerprint density at radius 1 is 0.875 bits per heavy atom. The van der Waals surface area contributed by atoms with Gasteiger partial charge < -0.3 is 10.2 Å². The third-order valence-corrected chi connectivity index (χ3v) is 11.2. The molecule has 0 aromatic carbocycles. The van der Waals surface area contributed by atoms with Crippen LogP contribution in [0.3, 0.4) is 0 Å². The van der Waals surface area contributed by atoms with Crippen LogP contribution in [-0.2, 0) is 0 Å². The molecule has 32 heavy (non-hydrogen) atoms. The van der Waals surface area contributed by atoms with Crippen molar-refractivity contribution in [3.63, 3.8) is 0 Å². The number of halogens is 3. The van der Waals surface area contributed by atoms with Crippen LogP contribution in [0.15, 0.2) is 0 Å². The number of fused-ring (bicyclic) bond motifs is 5. The van der Waals surface area contributed by atoms with Gasteiger partial charge in [-0.2, -0.15) is 13.2 Å². The van der Waals surface area contributed by atoms with Crippen molar-refractivity contribution in [2.24, 2.45) is 52.3 Å². The van der Waals surface area contributed by atoms with Crippen LogP contribution in [0.2, 0.25) is 0 Å². The fourth-order valence-corrected chi connectivity index (χ4v) is 9.21. The lowest BCUT2D eigenvalue weighted by Gasteiger charge is -2.61. The lowest BCUT2D eigenvalue weighted by Crippen LogP contribution is -2.54. The summed E-state index contributed by atoms with van der Waals surface area (Å²) in [5, 5.41) is 20.4. The lowest BCUT2D eigenvalue weighted by molar-refractivity contribution is -0.210. The lowest BCUT2D eigenvalue weighted by atomic mass is 9.44. The Labute approximate surface area is 192 Å². The Morgan fingerprint density at radius 2 is 1.53 bits per heavy atom. The van der Waals surface area contributed by atoms with Gasteiger partial charge in [0.05, 0.1) is 18.1 Å². The molecule has 0 saturated heterocycles. The molecule has 186 valence electrons. The van der Waals surface area contributed by atoms with Crippen LogP contribution in [0.5, 0.6) is 0 Å². The van der Waals surface area contributed by atoms with E-state index in [0.29, 0.717) is 30.1 Å². The average molecular weight is 459 g/mol. The van der Waals surface area contributed by atoms with E-state index in [1.54, 1.807) is 0 Å². The quantitative estimate of drug-likeness (QED) is 0.466. The van der Waals surface area contributed by atoms with Crippen LogP contribution in [0.25, 0.3) is 0 Å². The molecule has 0 aromatic heterocycles. The van der Waals surface area contributed by atoms with Gasteiger partial charge in [0.1, 0.15) is 0 Å². The molecule has 4 rings (SSSR count). The highest BCUT2D eigenvalue weighted by molar-refractivity contribution is 5.10. The summed E-state index contributed by atoms with van der Waals surface area (Å²) in [7, 11) is 0. The second-order valence-corrected chi connectivity index (χ2v) is 12.9. The van der Waals surface area contributed by atoms with E-state index in [1.165, 1.54) is 0 Å². The smallest absolute Gasteiger partial charge is 0.392 e. The van der Waals surface area contributed by atoms with Crippen LogP contribution in [0.1, 0.15) is 98.3 Å². The largest absolute Gasteiger partial charge is 0.393 e. The van der Waals surface area contributed by atoms with Crippen molar-refractivity contribution >= 4 is 0 Å². The van der Waals surface area contributed by atoms with Gasteiger partial charge in [0.25, 0.3) is 0 Å². The minimum Gasteiger partial charge on any atom is -0.393 e. The maximum absolute atomic E-state index is 14.3. The van der Waals surface area contributed by atoms with Gasteiger partial charge in [0.2, 0.25) is 0 Å². The zero-order valence-electron chi connectivity index (χ0n) is 20.5. The van der Waals surface area contributed by atoms with Gasteiger partial charge in [0, 0.05) is 0 Å². The summed E-state index contributed by atoms with van der Waals surface area (Å²) in [5.41, 5.74) is 0.0217. The minimum atomic E-state index is -4.20. The molecule has 0 bridgehead atoms. The maximum atomic E-state index is 14.3. The molecule has 5 heteroatoms. The first-order chi connectivity index (χ1) is 14.9. The molecule has 9 unspecified atom stereocenters. The zero-order valence-corrected chi connectivity index (χ0v) is 20.5. The summed E-state index contributed by atoms with van der Waals surface area (Å²) in [5.74, 6) is 0.523. The van der Waals surface area contributed by atoms with Crippen molar-refractivity contribution in [3.8, 4) is 0 Å². The maximum Gasteiger partial charge on any atom is 0.392 e. The highest BCUT2D eigenvalue weighted by Gasteiger charge is 2.63. The number of aliphatic hydroxyl groups is 2. The summed E-state index contributed by atoms with van der Waals surface area (Å²) in [6, 6.07) is 0. The van der Waals surface area contributed by atoms with Crippen LogP contribution in [0, 0.1) is 52.3 Å². The molecule has 2 nitrogen and oxygen atoms in total. The number of rotatable bonds is 5. The predicted octanol–water partition coefficient (Wildman–Crippen LogP) is 6.98. The summed E-state index contributed by atoms with van der Waals surface area (Å²) < 4.78 is 42.9. The highest BCUT2D eigenvalue weighted by Crippen LogP contribution is 2.69. The molecular formula is C27H45F3O2. The van der Waals surface area contributed by atoms with Gasteiger partial charge in [-0.25, -0.2) is 0 Å². The Hall–Kier alpha value is -0.290. The van der Waals surface area contributed by atoms with Crippen LogP contribution in [-0.4, -0.2) is 28.6 Å². The summed E-state index contributed by atoms with van der Waals surface area (Å²) >= 11 is 0. The van der Waals surface area contributed by atoms with Gasteiger partial charge in [0.15, 0.2) is 0 Å². The summed E-state index contributed by atoms with van der Waals surface area (Å²) in [4.78, 5) is 0. The Morgan fingerprint density at radius 3 is 2.19 bits per heavy atom. The Bertz CT molecular complexity index is 664. The van der Waals surface area contributed by atoms with E-state index in [-0.39, 0.29) is 41.6 Å². The molecule has 0 radical (unpaired) electrons. The van der Waals surface area contributed by atoms with Gasteiger partial charge in [-0.1, -0.05) is 27.7 Å². The number of hydrogen-bond acceptors (Lipinski definition) is 2. The molecular weight excluding hydrogens is 413 g/mol. The third kappa shape index (κ3) is 4.16. The van der Waals surface area contributed by atoms with Crippen LogP contribution >= 0.6 is 0 Å². The van der Waals surface area contributed by atoms with Crippen molar-refractivity contribution < 1.29 is 23.4 Å². The molecule has 0 aromatic rings. The molecule has 10 atom stereocenters. The van der Waals surface area contributed by atoms with Crippen molar-refractivity contribution in [1.82, 2.24) is 0 Å². The minimum absolute atomic E-state index is 0.00354. The molecule has 4 aliphatic rings. The van der Waals surface area contributed by atoms with E-state index < -0.39 is 18.2 Å². The fraction of sp³-hybridized carbons (Fsp3) is 1.00. The second-order valence-electron chi connectivity index (χ2n) is 12.9. The molecule has 4 aliphatic carbocycles. The van der Waals surface area contributed by atoms with E-state index in [4.69, 9.17) is 0 Å². The first-order valence-electron chi connectivity index (χ1n) is 13.3. The topological polar surface area (TPSA) is 40.5 Å². The van der Waals surface area contributed by atoms with Gasteiger partial charge in [-0.3, -0.25) is 0 Å². The first kappa shape index (κ1) is 24.8. The third-order valence-electron chi connectivity index (χ3n) is 11.2. The SMILES string of the molecule is CC(C)C(O)CCC(C1CCC2C3CC[C@H]4CC(O)CCC4(C)C3CCC21C)C(F)(F)F. The second kappa shape index (κ2) is 8.73. The molecule has 4 saturated carbocycles. The van der Waals surface area contributed by atoms with Crippen molar-refractivity contribution in [3.05, 3.63) is 0 Å².